The fourth-order valence-corrected chi connectivity index (χ4v) is 2.08. The SMILES string of the molecule is Cc1ccc(CN(C)c2nnc(C)c(C)c2C#N)cc1F. The van der Waals surface area contributed by atoms with Gasteiger partial charge >= 0.3 is 0 Å². The van der Waals surface area contributed by atoms with Gasteiger partial charge in [-0.2, -0.15) is 10.4 Å². The molecule has 0 saturated heterocycles. The van der Waals surface area contributed by atoms with Gasteiger partial charge < -0.3 is 4.90 Å². The largest absolute Gasteiger partial charge is 0.353 e. The Morgan fingerprint density at radius 1 is 1.24 bits per heavy atom. The van der Waals surface area contributed by atoms with Gasteiger partial charge in [0.25, 0.3) is 0 Å². The van der Waals surface area contributed by atoms with Crippen LogP contribution in [0.3, 0.4) is 0 Å². The average Bonchev–Trinajstić information content (AvgIpc) is 2.45. The Bertz CT molecular complexity index is 719. The second kappa shape index (κ2) is 5.88. The summed E-state index contributed by atoms with van der Waals surface area (Å²) in [5.74, 6) is 0.286. The lowest BCUT2D eigenvalue weighted by atomic mass is 10.1. The number of hydrogen-bond donors (Lipinski definition) is 0. The van der Waals surface area contributed by atoms with Crippen LogP contribution in [0.1, 0.15) is 27.9 Å². The van der Waals surface area contributed by atoms with Crippen molar-refractivity contribution in [3.8, 4) is 6.07 Å². The lowest BCUT2D eigenvalue weighted by Gasteiger charge is -2.20. The third-order valence-electron chi connectivity index (χ3n) is 3.57. The van der Waals surface area contributed by atoms with Crippen LogP contribution in [0.4, 0.5) is 10.2 Å². The smallest absolute Gasteiger partial charge is 0.169 e. The van der Waals surface area contributed by atoms with Gasteiger partial charge in [-0.25, -0.2) is 4.39 Å². The molecule has 0 aliphatic heterocycles. The van der Waals surface area contributed by atoms with E-state index in [1.807, 2.05) is 31.9 Å². The molecule has 5 heteroatoms. The first-order valence-electron chi connectivity index (χ1n) is 6.64. The molecule has 0 saturated carbocycles. The molecule has 0 spiro atoms. The molecule has 1 aromatic heterocycles. The number of rotatable bonds is 3. The van der Waals surface area contributed by atoms with Gasteiger partial charge in [0.1, 0.15) is 17.4 Å². The Kier molecular flexibility index (Phi) is 4.18. The van der Waals surface area contributed by atoms with Crippen molar-refractivity contribution in [3.63, 3.8) is 0 Å². The number of nitrogens with zero attached hydrogens (tertiary/aromatic N) is 4. The Balaban J connectivity index is 2.32. The molecule has 0 bridgehead atoms. The first-order valence-corrected chi connectivity index (χ1v) is 6.64. The van der Waals surface area contributed by atoms with Crippen molar-refractivity contribution in [3.05, 3.63) is 52.0 Å². The topological polar surface area (TPSA) is 52.8 Å². The highest BCUT2D eigenvalue weighted by molar-refractivity contribution is 5.57. The third kappa shape index (κ3) is 3.00. The minimum absolute atomic E-state index is 0.229. The summed E-state index contributed by atoms with van der Waals surface area (Å²) in [6.45, 7) is 5.86. The highest BCUT2D eigenvalue weighted by atomic mass is 19.1. The summed E-state index contributed by atoms with van der Waals surface area (Å²) in [7, 11) is 1.82. The molecule has 1 heterocycles. The highest BCUT2D eigenvalue weighted by Gasteiger charge is 2.15. The van der Waals surface area contributed by atoms with Crippen LogP contribution in [0.2, 0.25) is 0 Å². The normalized spacial score (nSPS) is 10.3. The van der Waals surface area contributed by atoms with E-state index in [0.717, 1.165) is 16.8 Å². The minimum atomic E-state index is -0.229. The Labute approximate surface area is 123 Å². The van der Waals surface area contributed by atoms with E-state index in [1.54, 1.807) is 13.0 Å². The molecule has 0 amide bonds. The predicted octanol–water partition coefficient (Wildman–Crippen LogP) is 3.05. The number of aryl methyl sites for hydroxylation is 2. The number of anilines is 1. The van der Waals surface area contributed by atoms with Crippen LogP contribution >= 0.6 is 0 Å². The van der Waals surface area contributed by atoms with Crippen molar-refractivity contribution < 1.29 is 4.39 Å². The van der Waals surface area contributed by atoms with Gasteiger partial charge in [0.15, 0.2) is 5.82 Å². The molecule has 0 fully saturated rings. The van der Waals surface area contributed by atoms with Crippen LogP contribution in [0, 0.1) is 37.9 Å². The molecule has 108 valence electrons. The molecule has 2 aromatic rings. The molecule has 1 aromatic carbocycles. The fourth-order valence-electron chi connectivity index (χ4n) is 2.08. The van der Waals surface area contributed by atoms with Gasteiger partial charge in [0.2, 0.25) is 0 Å². The number of nitriles is 1. The number of hydrogen-bond acceptors (Lipinski definition) is 4. The maximum atomic E-state index is 13.6. The van der Waals surface area contributed by atoms with Gasteiger partial charge in [-0.15, -0.1) is 5.10 Å². The van der Waals surface area contributed by atoms with Crippen molar-refractivity contribution in [2.45, 2.75) is 27.3 Å². The monoisotopic (exact) mass is 284 g/mol. The van der Waals surface area contributed by atoms with Crippen molar-refractivity contribution in [1.82, 2.24) is 10.2 Å². The molecule has 0 aliphatic carbocycles. The van der Waals surface area contributed by atoms with E-state index in [9.17, 15) is 9.65 Å². The molecule has 0 aliphatic rings. The zero-order valence-corrected chi connectivity index (χ0v) is 12.6. The molecule has 0 atom stereocenters. The third-order valence-corrected chi connectivity index (χ3v) is 3.57. The van der Waals surface area contributed by atoms with E-state index in [0.29, 0.717) is 23.5 Å². The first-order chi connectivity index (χ1) is 9.93. The van der Waals surface area contributed by atoms with Crippen LogP contribution in [0.5, 0.6) is 0 Å². The summed E-state index contributed by atoms with van der Waals surface area (Å²) in [5, 5.41) is 17.5. The summed E-state index contributed by atoms with van der Waals surface area (Å²) in [4.78, 5) is 1.81. The van der Waals surface area contributed by atoms with Crippen molar-refractivity contribution in [2.24, 2.45) is 0 Å². The van der Waals surface area contributed by atoms with Gasteiger partial charge in [0.05, 0.1) is 5.69 Å². The minimum Gasteiger partial charge on any atom is -0.353 e. The Morgan fingerprint density at radius 2 is 1.95 bits per heavy atom. The molecule has 0 unspecified atom stereocenters. The molecule has 0 radical (unpaired) electrons. The number of halogens is 1. The maximum Gasteiger partial charge on any atom is 0.169 e. The van der Waals surface area contributed by atoms with Crippen molar-refractivity contribution in [2.75, 3.05) is 11.9 Å². The van der Waals surface area contributed by atoms with Crippen molar-refractivity contribution in [1.29, 1.82) is 5.26 Å². The molecular weight excluding hydrogens is 267 g/mol. The number of aromatic nitrogens is 2. The summed E-state index contributed by atoms with van der Waals surface area (Å²) in [5.41, 5.74) is 3.52. The van der Waals surface area contributed by atoms with Crippen LogP contribution in [0.15, 0.2) is 18.2 Å². The summed E-state index contributed by atoms with van der Waals surface area (Å²) >= 11 is 0. The zero-order chi connectivity index (χ0) is 15.6. The molecule has 21 heavy (non-hydrogen) atoms. The first kappa shape index (κ1) is 14.9. The lowest BCUT2D eigenvalue weighted by molar-refractivity contribution is 0.615. The van der Waals surface area contributed by atoms with Gasteiger partial charge in [-0.3, -0.25) is 0 Å². The summed E-state index contributed by atoms with van der Waals surface area (Å²) in [6, 6.07) is 7.30. The van der Waals surface area contributed by atoms with Crippen LogP contribution in [-0.4, -0.2) is 17.2 Å². The molecular formula is C16H17FN4. The second-order valence-electron chi connectivity index (χ2n) is 5.16. The quantitative estimate of drug-likeness (QED) is 0.869. The van der Waals surface area contributed by atoms with E-state index >= 15 is 0 Å². The predicted molar refractivity (Wildman–Crippen MR) is 79.5 cm³/mol. The zero-order valence-electron chi connectivity index (χ0n) is 12.6. The van der Waals surface area contributed by atoms with Crippen LogP contribution in [-0.2, 0) is 6.54 Å². The average molecular weight is 284 g/mol. The van der Waals surface area contributed by atoms with E-state index in [1.165, 1.54) is 6.07 Å². The molecule has 4 nitrogen and oxygen atoms in total. The van der Waals surface area contributed by atoms with Crippen LogP contribution < -0.4 is 4.90 Å². The highest BCUT2D eigenvalue weighted by Crippen LogP contribution is 2.22. The van der Waals surface area contributed by atoms with Gasteiger partial charge in [0, 0.05) is 13.6 Å². The maximum absolute atomic E-state index is 13.6. The van der Waals surface area contributed by atoms with Gasteiger partial charge in [-0.1, -0.05) is 12.1 Å². The van der Waals surface area contributed by atoms with E-state index in [2.05, 4.69) is 16.3 Å². The lowest BCUT2D eigenvalue weighted by Crippen LogP contribution is -2.20. The second-order valence-corrected chi connectivity index (χ2v) is 5.16. The van der Waals surface area contributed by atoms with E-state index in [4.69, 9.17) is 0 Å². The fraction of sp³-hybridized carbons (Fsp3) is 0.312. The summed E-state index contributed by atoms with van der Waals surface area (Å²) < 4.78 is 13.6. The number of benzene rings is 1. The van der Waals surface area contributed by atoms with Gasteiger partial charge in [-0.05, 0) is 43.5 Å². The standard InChI is InChI=1S/C16H17FN4/c1-10-5-6-13(7-15(10)17)9-21(4)16-14(8-18)11(2)12(3)19-20-16/h5-7H,9H2,1-4H3. The van der Waals surface area contributed by atoms with Crippen molar-refractivity contribution >= 4 is 5.82 Å². The Morgan fingerprint density at radius 3 is 2.57 bits per heavy atom. The summed E-state index contributed by atoms with van der Waals surface area (Å²) in [6.07, 6.45) is 0. The van der Waals surface area contributed by atoms with Crippen LogP contribution in [0.25, 0.3) is 0 Å². The molecule has 0 N–H and O–H groups in total. The molecule has 2 rings (SSSR count). The van der Waals surface area contributed by atoms with E-state index in [-0.39, 0.29) is 5.82 Å². The Hall–Kier alpha value is -2.48. The van der Waals surface area contributed by atoms with E-state index < -0.39 is 0 Å².